The van der Waals surface area contributed by atoms with E-state index in [2.05, 4.69) is 42.9 Å². The zero-order valence-corrected chi connectivity index (χ0v) is 22.5. The van der Waals surface area contributed by atoms with Crippen LogP contribution in [0.25, 0.3) is 11.4 Å². The number of anilines is 1. The van der Waals surface area contributed by atoms with Gasteiger partial charge in [0.25, 0.3) is 0 Å². The number of hydrogen-bond acceptors (Lipinski definition) is 8. The van der Waals surface area contributed by atoms with E-state index in [9.17, 15) is 4.79 Å². The minimum atomic E-state index is -1.12. The third-order valence-corrected chi connectivity index (χ3v) is 7.76. The second kappa shape index (κ2) is 9.16. The number of hydrogen-bond donors (Lipinski definition) is 3. The smallest absolute Gasteiger partial charge is 0.389 e. The van der Waals surface area contributed by atoms with Gasteiger partial charge in [-0.3, -0.25) is 15.0 Å². The summed E-state index contributed by atoms with van der Waals surface area (Å²) >= 11 is 0. The number of nitrogens with zero attached hydrogens (tertiary/aromatic N) is 6. The first-order valence-electron chi connectivity index (χ1n) is 13.3. The van der Waals surface area contributed by atoms with Gasteiger partial charge in [0.05, 0.1) is 29.8 Å². The zero-order valence-electron chi connectivity index (χ0n) is 22.5. The number of para-hydroxylation sites is 1. The van der Waals surface area contributed by atoms with E-state index in [4.69, 9.17) is 9.40 Å². The molecule has 7 rings (SSSR count). The largest absolute Gasteiger partial charge is 0.436 e. The van der Waals surface area contributed by atoms with Gasteiger partial charge in [-0.05, 0) is 55.5 Å². The molecule has 2 aliphatic heterocycles. The molecule has 0 saturated carbocycles. The molecule has 0 spiro atoms. The molecule has 4 aromatic heterocycles. The molecule has 0 aliphatic carbocycles. The summed E-state index contributed by atoms with van der Waals surface area (Å²) in [7, 11) is 1.59. The highest BCUT2D eigenvalue weighted by Crippen LogP contribution is 2.48. The molecule has 5 aromatic rings. The van der Waals surface area contributed by atoms with Crippen molar-refractivity contribution in [2.24, 2.45) is 7.05 Å². The number of aryl methyl sites for hydroxylation is 3. The molecule has 6 heterocycles. The Kier molecular flexibility index (Phi) is 5.56. The monoisotopic (exact) mass is 535 g/mol. The van der Waals surface area contributed by atoms with Crippen LogP contribution in [0.1, 0.15) is 47.8 Å². The Morgan fingerprint density at radius 1 is 1.12 bits per heavy atom. The van der Waals surface area contributed by atoms with E-state index in [1.807, 2.05) is 67.6 Å². The number of H-pyrrole nitrogens is 1. The van der Waals surface area contributed by atoms with Crippen LogP contribution in [0.2, 0.25) is 0 Å². The molecule has 2 atom stereocenters. The SMILES string of the molecule is CCn1cc(C2(c3nn(C)c(=O)o3)N[C@@H](c3ncc(-c4ccc(C)cn4)[nH]3)CC3=C2Nc2ccccc2C3)cn1. The maximum absolute atomic E-state index is 12.6. The number of benzene rings is 1. The third kappa shape index (κ3) is 3.81. The standard InChI is InChI=1S/C29H29N9O2/c1-4-38-16-20(14-32-38)29(27-36-37(3)28(39)40-27)25-19(11-18-7-5-6-8-21(18)33-25)12-23(35-29)26-31-15-24(34-26)22-10-9-17(2)13-30-22/h5-10,13-16,23,33,35H,4,11-12H2,1-3H3,(H,31,34)/t23-,29?/m1/s1. The number of aromatic amines is 1. The Labute approximate surface area is 230 Å². The summed E-state index contributed by atoms with van der Waals surface area (Å²) in [4.78, 5) is 25.5. The molecular formula is C29H29N9O2. The van der Waals surface area contributed by atoms with Gasteiger partial charge in [-0.1, -0.05) is 24.3 Å². The lowest BCUT2D eigenvalue weighted by Crippen LogP contribution is -2.53. The Morgan fingerprint density at radius 2 is 2.00 bits per heavy atom. The number of aromatic nitrogens is 7. The van der Waals surface area contributed by atoms with Crippen LogP contribution in [0.15, 0.2) is 81.7 Å². The van der Waals surface area contributed by atoms with Crippen molar-refractivity contribution in [1.82, 2.24) is 39.8 Å². The lowest BCUT2D eigenvalue weighted by molar-refractivity contribution is 0.282. The average molecular weight is 536 g/mol. The molecular weight excluding hydrogens is 506 g/mol. The van der Waals surface area contributed by atoms with Crippen LogP contribution < -0.4 is 16.4 Å². The van der Waals surface area contributed by atoms with Crippen molar-refractivity contribution in [2.75, 3.05) is 5.32 Å². The van der Waals surface area contributed by atoms with Crippen molar-refractivity contribution < 1.29 is 4.42 Å². The van der Waals surface area contributed by atoms with Gasteiger partial charge < -0.3 is 14.7 Å². The maximum Gasteiger partial charge on any atom is 0.436 e. The van der Waals surface area contributed by atoms with E-state index in [0.29, 0.717) is 13.0 Å². The van der Waals surface area contributed by atoms with Crippen LogP contribution in [0, 0.1) is 6.92 Å². The van der Waals surface area contributed by atoms with E-state index >= 15 is 0 Å². The van der Waals surface area contributed by atoms with Crippen molar-refractivity contribution in [1.29, 1.82) is 0 Å². The van der Waals surface area contributed by atoms with Gasteiger partial charge in [0.15, 0.2) is 5.54 Å². The first-order chi connectivity index (χ1) is 19.4. The molecule has 1 unspecified atom stereocenters. The number of fused-ring (bicyclic) bond motifs is 1. The second-order valence-electron chi connectivity index (χ2n) is 10.4. The number of pyridine rings is 1. The molecule has 0 fully saturated rings. The van der Waals surface area contributed by atoms with Crippen molar-refractivity contribution in [3.8, 4) is 11.4 Å². The Hall–Kier alpha value is -4.77. The number of rotatable bonds is 5. The van der Waals surface area contributed by atoms with Crippen LogP contribution in [0.3, 0.4) is 0 Å². The molecule has 40 heavy (non-hydrogen) atoms. The number of imidazole rings is 1. The minimum absolute atomic E-state index is 0.242. The maximum atomic E-state index is 12.6. The minimum Gasteiger partial charge on any atom is -0.389 e. The predicted molar refractivity (Wildman–Crippen MR) is 148 cm³/mol. The van der Waals surface area contributed by atoms with Crippen molar-refractivity contribution in [2.45, 2.75) is 44.8 Å². The van der Waals surface area contributed by atoms with Crippen molar-refractivity contribution >= 4 is 5.69 Å². The summed E-state index contributed by atoms with van der Waals surface area (Å²) in [5.41, 5.74) is 6.72. The second-order valence-corrected chi connectivity index (χ2v) is 10.4. The fourth-order valence-electron chi connectivity index (χ4n) is 5.69. The predicted octanol–water partition coefficient (Wildman–Crippen LogP) is 3.58. The van der Waals surface area contributed by atoms with Gasteiger partial charge in [-0.2, -0.15) is 9.78 Å². The average Bonchev–Trinajstić information content (AvgIpc) is 3.73. The van der Waals surface area contributed by atoms with Crippen molar-refractivity contribution in [3.05, 3.63) is 111 Å². The van der Waals surface area contributed by atoms with Gasteiger partial charge in [0, 0.05) is 42.9 Å². The first kappa shape index (κ1) is 24.3. The van der Waals surface area contributed by atoms with Gasteiger partial charge in [0.1, 0.15) is 5.82 Å². The topological polar surface area (TPSA) is 131 Å². The molecule has 3 N–H and O–H groups in total. The summed E-state index contributed by atoms with van der Waals surface area (Å²) in [6.45, 7) is 4.74. The van der Waals surface area contributed by atoms with Crippen LogP contribution in [0.5, 0.6) is 0 Å². The van der Waals surface area contributed by atoms with Crippen molar-refractivity contribution in [3.63, 3.8) is 0 Å². The number of nitrogens with one attached hydrogen (secondary N) is 3. The summed E-state index contributed by atoms with van der Waals surface area (Å²) in [6, 6.07) is 12.0. The van der Waals surface area contributed by atoms with Gasteiger partial charge in [-0.25, -0.2) is 9.78 Å². The Bertz CT molecular complexity index is 1810. The summed E-state index contributed by atoms with van der Waals surface area (Å²) in [5, 5.41) is 16.6. The normalized spacial score (nSPS) is 20.2. The Balaban J connectivity index is 1.41. The molecule has 202 valence electrons. The van der Waals surface area contributed by atoms with E-state index in [1.165, 1.54) is 15.8 Å². The molecule has 11 heteroatoms. The molecule has 0 radical (unpaired) electrons. The molecule has 0 amide bonds. The Morgan fingerprint density at radius 3 is 2.75 bits per heavy atom. The first-order valence-corrected chi connectivity index (χ1v) is 13.3. The lowest BCUT2D eigenvalue weighted by Gasteiger charge is -2.44. The lowest BCUT2D eigenvalue weighted by atomic mass is 9.76. The van der Waals surface area contributed by atoms with Gasteiger partial charge in [-0.15, -0.1) is 5.10 Å². The molecule has 11 nitrogen and oxygen atoms in total. The molecule has 2 aliphatic rings. The van der Waals surface area contributed by atoms with Crippen LogP contribution in [-0.2, 0) is 25.6 Å². The highest BCUT2D eigenvalue weighted by atomic mass is 16.4. The van der Waals surface area contributed by atoms with E-state index in [1.54, 1.807) is 7.05 Å². The van der Waals surface area contributed by atoms with E-state index in [0.717, 1.165) is 46.1 Å². The summed E-state index contributed by atoms with van der Waals surface area (Å²) in [5.74, 6) is 0.463. The van der Waals surface area contributed by atoms with Crippen LogP contribution in [0.4, 0.5) is 5.69 Å². The fraction of sp³-hybridized carbons (Fsp3) is 0.276. The van der Waals surface area contributed by atoms with Crippen LogP contribution in [-0.4, -0.2) is 34.5 Å². The van der Waals surface area contributed by atoms with Gasteiger partial charge in [0.2, 0.25) is 5.89 Å². The fourth-order valence-corrected chi connectivity index (χ4v) is 5.69. The molecule has 0 bridgehead atoms. The molecule has 1 aromatic carbocycles. The zero-order chi connectivity index (χ0) is 27.4. The quantitative estimate of drug-likeness (QED) is 0.311. The van der Waals surface area contributed by atoms with E-state index < -0.39 is 11.3 Å². The van der Waals surface area contributed by atoms with Crippen LogP contribution >= 0.6 is 0 Å². The summed E-state index contributed by atoms with van der Waals surface area (Å²) < 4.78 is 8.92. The van der Waals surface area contributed by atoms with Gasteiger partial charge >= 0.3 is 5.76 Å². The van der Waals surface area contributed by atoms with E-state index in [-0.39, 0.29) is 11.9 Å². The summed E-state index contributed by atoms with van der Waals surface area (Å²) in [6.07, 6.45) is 8.86. The molecule has 0 saturated heterocycles. The third-order valence-electron chi connectivity index (χ3n) is 7.76. The highest BCUT2D eigenvalue weighted by molar-refractivity contribution is 5.65. The highest BCUT2D eigenvalue weighted by Gasteiger charge is 2.51.